The fourth-order valence-electron chi connectivity index (χ4n) is 1.51. The molecule has 2 rings (SSSR count). The van der Waals surface area contributed by atoms with Crippen LogP contribution in [0.3, 0.4) is 0 Å². The standard InChI is InChI=1S/C12H13N3O2/c1-15(7-6-12(16)17)11-8-13-9-4-2-3-5-10(9)14-11/h2-5,8H,6-7H2,1H3,(H,16,17). The average Bonchev–Trinajstić information content (AvgIpc) is 2.35. The molecule has 1 aromatic carbocycles. The minimum Gasteiger partial charge on any atom is -0.481 e. The van der Waals surface area contributed by atoms with Crippen molar-refractivity contribution in [2.45, 2.75) is 6.42 Å². The van der Waals surface area contributed by atoms with E-state index >= 15 is 0 Å². The molecule has 1 aromatic heterocycles. The molecule has 5 nitrogen and oxygen atoms in total. The topological polar surface area (TPSA) is 66.3 Å². The molecule has 0 radical (unpaired) electrons. The minimum atomic E-state index is -0.814. The Hall–Kier alpha value is -2.17. The average molecular weight is 231 g/mol. The summed E-state index contributed by atoms with van der Waals surface area (Å²) in [6.45, 7) is 0.419. The Labute approximate surface area is 98.7 Å². The highest BCUT2D eigenvalue weighted by molar-refractivity contribution is 5.75. The number of para-hydroxylation sites is 2. The van der Waals surface area contributed by atoms with E-state index in [2.05, 4.69) is 9.97 Å². The van der Waals surface area contributed by atoms with Crippen molar-refractivity contribution in [1.82, 2.24) is 9.97 Å². The molecule has 0 saturated carbocycles. The first-order valence-electron chi connectivity index (χ1n) is 5.31. The molecule has 88 valence electrons. The Kier molecular flexibility index (Phi) is 3.18. The number of carbonyl (C=O) groups is 1. The van der Waals surface area contributed by atoms with E-state index in [0.29, 0.717) is 12.4 Å². The van der Waals surface area contributed by atoms with E-state index in [1.807, 2.05) is 31.3 Å². The Morgan fingerprint density at radius 3 is 2.76 bits per heavy atom. The number of carboxylic acid groups (broad SMARTS) is 1. The van der Waals surface area contributed by atoms with Crippen molar-refractivity contribution in [3.8, 4) is 0 Å². The molecule has 0 fully saturated rings. The van der Waals surface area contributed by atoms with E-state index < -0.39 is 5.97 Å². The van der Waals surface area contributed by atoms with Crippen LogP contribution in [0.15, 0.2) is 30.5 Å². The maximum absolute atomic E-state index is 10.5. The van der Waals surface area contributed by atoms with E-state index in [0.717, 1.165) is 11.0 Å². The summed E-state index contributed by atoms with van der Waals surface area (Å²) in [4.78, 5) is 21.0. The number of aliphatic carboxylic acids is 1. The van der Waals surface area contributed by atoms with Crippen LogP contribution in [-0.2, 0) is 4.79 Å². The number of aromatic nitrogens is 2. The first kappa shape index (κ1) is 11.3. The van der Waals surface area contributed by atoms with Crippen LogP contribution in [0.4, 0.5) is 5.82 Å². The first-order chi connectivity index (χ1) is 8.16. The first-order valence-corrected chi connectivity index (χ1v) is 5.31. The third kappa shape index (κ3) is 2.69. The Bertz CT molecular complexity index is 542. The predicted octanol–water partition coefficient (Wildman–Crippen LogP) is 1.54. The van der Waals surface area contributed by atoms with Gasteiger partial charge in [-0.2, -0.15) is 0 Å². The number of hydrogen-bond donors (Lipinski definition) is 1. The second-order valence-corrected chi connectivity index (χ2v) is 3.78. The van der Waals surface area contributed by atoms with Crippen molar-refractivity contribution in [3.63, 3.8) is 0 Å². The van der Waals surface area contributed by atoms with Crippen molar-refractivity contribution in [2.24, 2.45) is 0 Å². The summed E-state index contributed by atoms with van der Waals surface area (Å²) in [5.74, 6) is -0.129. The maximum atomic E-state index is 10.5. The second kappa shape index (κ2) is 4.78. The van der Waals surface area contributed by atoms with Crippen LogP contribution < -0.4 is 4.90 Å². The number of carboxylic acids is 1. The molecule has 0 amide bonds. The van der Waals surface area contributed by atoms with E-state index in [1.165, 1.54) is 0 Å². The molecule has 1 N–H and O–H groups in total. The Morgan fingerprint density at radius 2 is 2.06 bits per heavy atom. The number of rotatable bonds is 4. The van der Waals surface area contributed by atoms with Crippen LogP contribution in [0.25, 0.3) is 11.0 Å². The predicted molar refractivity (Wildman–Crippen MR) is 65.1 cm³/mol. The van der Waals surface area contributed by atoms with Gasteiger partial charge < -0.3 is 10.0 Å². The lowest BCUT2D eigenvalue weighted by Gasteiger charge is -2.16. The summed E-state index contributed by atoms with van der Waals surface area (Å²) < 4.78 is 0. The SMILES string of the molecule is CN(CCC(=O)O)c1cnc2ccccc2n1. The highest BCUT2D eigenvalue weighted by atomic mass is 16.4. The lowest BCUT2D eigenvalue weighted by atomic mass is 10.3. The van der Waals surface area contributed by atoms with Gasteiger partial charge in [-0.05, 0) is 12.1 Å². The molecule has 0 spiro atoms. The van der Waals surface area contributed by atoms with E-state index in [1.54, 1.807) is 11.1 Å². The summed E-state index contributed by atoms with van der Waals surface area (Å²) in [5.41, 5.74) is 1.65. The van der Waals surface area contributed by atoms with Gasteiger partial charge >= 0.3 is 5.97 Å². The zero-order valence-electron chi connectivity index (χ0n) is 9.50. The summed E-state index contributed by atoms with van der Waals surface area (Å²) in [5, 5.41) is 8.62. The second-order valence-electron chi connectivity index (χ2n) is 3.78. The van der Waals surface area contributed by atoms with Gasteiger partial charge in [0, 0.05) is 13.6 Å². The van der Waals surface area contributed by atoms with Crippen LogP contribution in [0.2, 0.25) is 0 Å². The number of anilines is 1. The maximum Gasteiger partial charge on any atom is 0.305 e. The normalized spacial score (nSPS) is 10.4. The van der Waals surface area contributed by atoms with Gasteiger partial charge in [0.25, 0.3) is 0 Å². The molecule has 1 heterocycles. The van der Waals surface area contributed by atoms with Gasteiger partial charge in [0.1, 0.15) is 5.82 Å². The molecular weight excluding hydrogens is 218 g/mol. The van der Waals surface area contributed by atoms with E-state index in [-0.39, 0.29) is 6.42 Å². The van der Waals surface area contributed by atoms with Crippen LogP contribution >= 0.6 is 0 Å². The van der Waals surface area contributed by atoms with Gasteiger partial charge in [-0.1, -0.05) is 12.1 Å². The third-order valence-corrected chi connectivity index (χ3v) is 2.49. The molecular formula is C12H13N3O2. The molecule has 0 bridgehead atoms. The van der Waals surface area contributed by atoms with Crippen molar-refractivity contribution in [3.05, 3.63) is 30.5 Å². The highest BCUT2D eigenvalue weighted by Crippen LogP contribution is 2.14. The number of nitrogens with zero attached hydrogens (tertiary/aromatic N) is 3. The highest BCUT2D eigenvalue weighted by Gasteiger charge is 2.06. The summed E-state index contributed by atoms with van der Waals surface area (Å²) in [7, 11) is 1.81. The monoisotopic (exact) mass is 231 g/mol. The van der Waals surface area contributed by atoms with Gasteiger partial charge in [0.2, 0.25) is 0 Å². The molecule has 0 aliphatic rings. The van der Waals surface area contributed by atoms with Crippen LogP contribution in [0.1, 0.15) is 6.42 Å². The third-order valence-electron chi connectivity index (χ3n) is 2.49. The smallest absolute Gasteiger partial charge is 0.305 e. The Balaban J connectivity index is 2.20. The molecule has 0 aliphatic heterocycles. The van der Waals surface area contributed by atoms with E-state index in [9.17, 15) is 4.79 Å². The van der Waals surface area contributed by atoms with Gasteiger partial charge in [0.15, 0.2) is 0 Å². The van der Waals surface area contributed by atoms with Crippen molar-refractivity contribution < 1.29 is 9.90 Å². The zero-order valence-corrected chi connectivity index (χ0v) is 9.50. The summed E-state index contributed by atoms with van der Waals surface area (Å²) >= 11 is 0. The minimum absolute atomic E-state index is 0.0883. The molecule has 5 heteroatoms. The molecule has 0 unspecified atom stereocenters. The quantitative estimate of drug-likeness (QED) is 0.864. The van der Waals surface area contributed by atoms with Crippen molar-refractivity contribution in [2.75, 3.05) is 18.5 Å². The largest absolute Gasteiger partial charge is 0.481 e. The fraction of sp³-hybridized carbons (Fsp3) is 0.250. The fourth-order valence-corrected chi connectivity index (χ4v) is 1.51. The Morgan fingerprint density at radius 1 is 1.35 bits per heavy atom. The molecule has 2 aromatic rings. The summed E-state index contributed by atoms with van der Waals surface area (Å²) in [6, 6.07) is 7.59. The summed E-state index contributed by atoms with van der Waals surface area (Å²) in [6.07, 6.45) is 1.75. The number of hydrogen-bond acceptors (Lipinski definition) is 4. The number of fused-ring (bicyclic) bond motifs is 1. The molecule has 0 saturated heterocycles. The van der Waals surface area contributed by atoms with Crippen LogP contribution in [0, 0.1) is 0 Å². The zero-order chi connectivity index (χ0) is 12.3. The van der Waals surface area contributed by atoms with Gasteiger partial charge in [-0.3, -0.25) is 9.78 Å². The van der Waals surface area contributed by atoms with Crippen molar-refractivity contribution in [1.29, 1.82) is 0 Å². The van der Waals surface area contributed by atoms with Gasteiger partial charge in [-0.25, -0.2) is 4.98 Å². The molecule has 17 heavy (non-hydrogen) atoms. The number of benzene rings is 1. The lowest BCUT2D eigenvalue weighted by Crippen LogP contribution is -2.22. The van der Waals surface area contributed by atoms with Crippen LogP contribution in [0.5, 0.6) is 0 Å². The molecule has 0 atom stereocenters. The van der Waals surface area contributed by atoms with Crippen molar-refractivity contribution >= 4 is 22.8 Å². The molecule has 0 aliphatic carbocycles. The van der Waals surface area contributed by atoms with E-state index in [4.69, 9.17) is 5.11 Å². The van der Waals surface area contributed by atoms with Gasteiger partial charge in [0.05, 0.1) is 23.7 Å². The van der Waals surface area contributed by atoms with Gasteiger partial charge in [-0.15, -0.1) is 0 Å². The van der Waals surface area contributed by atoms with Crippen LogP contribution in [-0.4, -0.2) is 34.6 Å². The lowest BCUT2D eigenvalue weighted by molar-refractivity contribution is -0.136.